The molecular weight excluding hydrogens is 561 g/mol. The average molecular weight is 593 g/mol. The van der Waals surface area contributed by atoms with Crippen molar-refractivity contribution in [2.75, 3.05) is 11.5 Å². The van der Waals surface area contributed by atoms with Crippen molar-refractivity contribution in [1.29, 1.82) is 0 Å². The maximum atomic E-state index is 12.9. The molecule has 1 saturated carbocycles. The van der Waals surface area contributed by atoms with E-state index in [1.54, 1.807) is 26.8 Å². The molecule has 1 aliphatic heterocycles. The standard InChI is InChI=1S/C24H31Cl2N3O4S3/c1-24(2,3)29-36(32,33)18-10-9-16(19(25)20(18)26)21-17(11-14-7-5-4-6-8-14)28-23(34-21)22(30)27-15-12-35(31)13-15/h9-10,14-15,29H,4-8,11-13H2,1-3H3,(H,27,30). The summed E-state index contributed by atoms with van der Waals surface area (Å²) < 4.78 is 39.8. The van der Waals surface area contributed by atoms with Crippen molar-refractivity contribution in [2.24, 2.45) is 5.92 Å². The van der Waals surface area contributed by atoms with Crippen molar-refractivity contribution in [2.45, 2.75) is 75.8 Å². The Hall–Kier alpha value is -1.04. The summed E-state index contributed by atoms with van der Waals surface area (Å²) in [6, 6.07) is 2.98. The van der Waals surface area contributed by atoms with Crippen LogP contribution in [-0.2, 0) is 27.2 Å². The van der Waals surface area contributed by atoms with Gasteiger partial charge in [0.25, 0.3) is 5.91 Å². The van der Waals surface area contributed by atoms with Gasteiger partial charge in [0, 0.05) is 33.4 Å². The third-order valence-corrected chi connectivity index (χ3v) is 11.7. The van der Waals surface area contributed by atoms with E-state index in [0.29, 0.717) is 34.4 Å². The van der Waals surface area contributed by atoms with Crippen molar-refractivity contribution < 1.29 is 17.4 Å². The van der Waals surface area contributed by atoms with E-state index in [9.17, 15) is 17.4 Å². The molecule has 0 spiro atoms. The van der Waals surface area contributed by atoms with E-state index >= 15 is 0 Å². The van der Waals surface area contributed by atoms with E-state index in [-0.39, 0.29) is 26.9 Å². The first-order valence-corrected chi connectivity index (χ1v) is 16.6. The minimum Gasteiger partial charge on any atom is -0.345 e. The molecular formula is C24H31Cl2N3O4S3. The second-order valence-corrected chi connectivity index (χ2v) is 15.5. The van der Waals surface area contributed by atoms with Gasteiger partial charge in [-0.1, -0.05) is 61.4 Å². The number of nitrogens with zero attached hydrogens (tertiary/aromatic N) is 1. The fourth-order valence-electron chi connectivity index (χ4n) is 4.57. The van der Waals surface area contributed by atoms with E-state index in [0.717, 1.165) is 23.4 Å². The van der Waals surface area contributed by atoms with Crippen LogP contribution in [0.5, 0.6) is 0 Å². The molecule has 0 radical (unpaired) electrons. The van der Waals surface area contributed by atoms with Crippen LogP contribution in [0.4, 0.5) is 0 Å². The molecule has 0 unspecified atom stereocenters. The van der Waals surface area contributed by atoms with Crippen LogP contribution in [-0.4, -0.2) is 46.6 Å². The lowest BCUT2D eigenvalue weighted by Gasteiger charge is -2.25. The highest BCUT2D eigenvalue weighted by molar-refractivity contribution is 7.89. The Labute approximate surface area is 229 Å². The van der Waals surface area contributed by atoms with E-state index in [4.69, 9.17) is 28.2 Å². The van der Waals surface area contributed by atoms with Gasteiger partial charge in [0.05, 0.1) is 26.7 Å². The number of carbonyl (C=O) groups is 1. The molecule has 1 aliphatic carbocycles. The summed E-state index contributed by atoms with van der Waals surface area (Å²) in [7, 11) is -4.76. The van der Waals surface area contributed by atoms with E-state index in [1.807, 2.05) is 0 Å². The first-order valence-electron chi connectivity index (χ1n) is 12.0. The number of nitrogens with one attached hydrogen (secondary N) is 2. The van der Waals surface area contributed by atoms with E-state index in [2.05, 4.69) is 10.0 Å². The Kier molecular flexibility index (Phi) is 8.54. The summed E-state index contributed by atoms with van der Waals surface area (Å²) in [6.45, 7) is 5.24. The monoisotopic (exact) mass is 591 g/mol. The predicted octanol–water partition coefficient (Wildman–Crippen LogP) is 5.18. The van der Waals surface area contributed by atoms with E-state index in [1.165, 1.54) is 36.7 Å². The molecule has 36 heavy (non-hydrogen) atoms. The number of hydrogen-bond donors (Lipinski definition) is 2. The number of aromatic nitrogens is 1. The summed E-state index contributed by atoms with van der Waals surface area (Å²) in [5.74, 6) is 1.08. The normalized spacial score (nSPS) is 21.2. The van der Waals surface area contributed by atoms with E-state index < -0.39 is 26.4 Å². The average Bonchev–Trinajstić information content (AvgIpc) is 3.17. The fraction of sp³-hybridized carbons (Fsp3) is 0.583. The number of amides is 1. The molecule has 2 aliphatic rings. The van der Waals surface area contributed by atoms with Crippen LogP contribution in [0.2, 0.25) is 10.0 Å². The van der Waals surface area contributed by atoms with Crippen LogP contribution in [0, 0.1) is 5.92 Å². The number of thiazole rings is 1. The van der Waals surface area contributed by atoms with Crippen molar-refractivity contribution in [3.8, 4) is 10.4 Å². The largest absolute Gasteiger partial charge is 0.345 e. The number of halogens is 2. The van der Waals surface area contributed by atoms with Crippen LogP contribution < -0.4 is 10.0 Å². The molecule has 2 N–H and O–H groups in total. The van der Waals surface area contributed by atoms with Gasteiger partial charge in [0.2, 0.25) is 10.0 Å². The van der Waals surface area contributed by atoms with Gasteiger partial charge in [-0.3, -0.25) is 9.00 Å². The van der Waals surface area contributed by atoms with Gasteiger partial charge in [0.15, 0.2) is 5.01 Å². The van der Waals surface area contributed by atoms with Crippen LogP contribution in [0.25, 0.3) is 10.4 Å². The molecule has 1 aromatic carbocycles. The molecule has 4 rings (SSSR count). The van der Waals surface area contributed by atoms with Crippen LogP contribution in [0.3, 0.4) is 0 Å². The Morgan fingerprint density at radius 2 is 1.81 bits per heavy atom. The van der Waals surface area contributed by atoms with Gasteiger partial charge in [-0.05, 0) is 39.2 Å². The molecule has 12 heteroatoms. The third kappa shape index (κ3) is 6.50. The fourth-order valence-corrected chi connectivity index (χ4v) is 8.90. The number of carbonyl (C=O) groups excluding carboxylic acids is 1. The topological polar surface area (TPSA) is 105 Å². The summed E-state index contributed by atoms with van der Waals surface area (Å²) in [6.07, 6.45) is 6.52. The van der Waals surface area contributed by atoms with Gasteiger partial charge < -0.3 is 5.32 Å². The third-order valence-electron chi connectivity index (χ3n) is 6.23. The van der Waals surface area contributed by atoms with Gasteiger partial charge in [0.1, 0.15) is 4.90 Å². The van der Waals surface area contributed by atoms with Crippen molar-refractivity contribution in [3.63, 3.8) is 0 Å². The summed E-state index contributed by atoms with van der Waals surface area (Å²) >= 11 is 14.4. The lowest BCUT2D eigenvalue weighted by atomic mass is 9.85. The summed E-state index contributed by atoms with van der Waals surface area (Å²) in [5.41, 5.74) is 0.645. The van der Waals surface area contributed by atoms with Crippen molar-refractivity contribution in [3.05, 3.63) is 32.9 Å². The second kappa shape index (κ2) is 11.0. The van der Waals surface area contributed by atoms with Gasteiger partial charge in [-0.15, -0.1) is 11.3 Å². The molecule has 198 valence electrons. The number of hydrogen-bond acceptors (Lipinski definition) is 6. The maximum Gasteiger partial charge on any atom is 0.280 e. The number of sulfonamides is 1. The SMILES string of the molecule is CC(C)(C)NS(=O)(=O)c1ccc(-c2sc(C(=O)NC3CS(=O)C3)nc2CC2CCCCC2)c(Cl)c1Cl. The zero-order valence-electron chi connectivity index (χ0n) is 20.5. The molecule has 1 aromatic heterocycles. The second-order valence-electron chi connectivity index (χ2n) is 10.5. The quantitative estimate of drug-likeness (QED) is 0.461. The Balaban J connectivity index is 1.70. The minimum atomic E-state index is -3.89. The summed E-state index contributed by atoms with van der Waals surface area (Å²) in [5, 5.41) is 3.27. The zero-order chi connectivity index (χ0) is 26.3. The predicted molar refractivity (Wildman–Crippen MR) is 147 cm³/mol. The molecule has 2 heterocycles. The van der Waals surface area contributed by atoms with Gasteiger partial charge in [-0.2, -0.15) is 0 Å². The Morgan fingerprint density at radius 3 is 2.42 bits per heavy atom. The van der Waals surface area contributed by atoms with Crippen molar-refractivity contribution >= 4 is 61.3 Å². The molecule has 1 saturated heterocycles. The number of benzene rings is 1. The van der Waals surface area contributed by atoms with Gasteiger partial charge in [-0.25, -0.2) is 18.1 Å². The van der Waals surface area contributed by atoms with Crippen LogP contribution >= 0.6 is 34.5 Å². The van der Waals surface area contributed by atoms with Gasteiger partial charge >= 0.3 is 0 Å². The first-order chi connectivity index (χ1) is 16.8. The molecule has 0 bridgehead atoms. The molecule has 7 nitrogen and oxygen atoms in total. The molecule has 2 aromatic rings. The Bertz CT molecular complexity index is 1270. The van der Waals surface area contributed by atoms with Crippen LogP contribution in [0.1, 0.15) is 68.4 Å². The van der Waals surface area contributed by atoms with Crippen molar-refractivity contribution in [1.82, 2.24) is 15.0 Å². The zero-order valence-corrected chi connectivity index (χ0v) is 24.5. The maximum absolute atomic E-state index is 12.9. The highest BCUT2D eigenvalue weighted by atomic mass is 35.5. The number of rotatable bonds is 7. The molecule has 1 amide bonds. The highest BCUT2D eigenvalue weighted by Gasteiger charge is 2.31. The van der Waals surface area contributed by atoms with Crippen LogP contribution in [0.15, 0.2) is 17.0 Å². The highest BCUT2D eigenvalue weighted by Crippen LogP contribution is 2.43. The lowest BCUT2D eigenvalue weighted by molar-refractivity contribution is 0.0941. The molecule has 2 fully saturated rings. The first kappa shape index (κ1) is 28.0. The lowest BCUT2D eigenvalue weighted by Crippen LogP contribution is -2.50. The smallest absolute Gasteiger partial charge is 0.280 e. The minimum absolute atomic E-state index is 0.0640. The summed E-state index contributed by atoms with van der Waals surface area (Å²) in [4.78, 5) is 18.2. The Morgan fingerprint density at radius 1 is 1.14 bits per heavy atom. The molecule has 0 atom stereocenters.